The number of hydrogen-bond donors (Lipinski definition) is 1. The Morgan fingerprint density at radius 2 is 2.00 bits per heavy atom. The minimum absolute atomic E-state index is 0.0183. The first-order valence-electron chi connectivity index (χ1n) is 7.12. The Bertz CT molecular complexity index is 294. The molecule has 0 aromatic carbocycles. The monoisotopic (exact) mass is 254 g/mol. The summed E-state index contributed by atoms with van der Waals surface area (Å²) >= 11 is 0. The van der Waals surface area contributed by atoms with Gasteiger partial charge in [-0.1, -0.05) is 0 Å². The fourth-order valence-corrected chi connectivity index (χ4v) is 2.82. The summed E-state index contributed by atoms with van der Waals surface area (Å²) in [4.78, 5) is 16.3. The topological polar surface area (TPSA) is 43.8 Å². The van der Waals surface area contributed by atoms with Gasteiger partial charge < -0.3 is 14.9 Å². The quantitative estimate of drug-likeness (QED) is 0.794. The van der Waals surface area contributed by atoms with Gasteiger partial charge in [-0.05, 0) is 58.2 Å². The normalized spacial score (nSPS) is 23.9. The molecule has 1 aliphatic heterocycles. The zero-order valence-electron chi connectivity index (χ0n) is 11.7. The van der Waals surface area contributed by atoms with Crippen molar-refractivity contribution >= 4 is 5.91 Å². The van der Waals surface area contributed by atoms with Crippen LogP contribution in [0.25, 0.3) is 0 Å². The van der Waals surface area contributed by atoms with Gasteiger partial charge >= 0.3 is 0 Å². The fourth-order valence-electron chi connectivity index (χ4n) is 2.82. The molecular formula is C14H26N2O2. The van der Waals surface area contributed by atoms with E-state index < -0.39 is 5.41 Å². The largest absolute Gasteiger partial charge is 0.395 e. The number of rotatable bonds is 5. The van der Waals surface area contributed by atoms with Crippen LogP contribution in [0, 0.1) is 11.3 Å². The van der Waals surface area contributed by atoms with Crippen molar-refractivity contribution in [3.63, 3.8) is 0 Å². The molecule has 1 saturated heterocycles. The molecule has 1 heterocycles. The van der Waals surface area contributed by atoms with Crippen LogP contribution in [0.5, 0.6) is 0 Å². The highest BCUT2D eigenvalue weighted by molar-refractivity contribution is 5.85. The second kappa shape index (κ2) is 5.57. The van der Waals surface area contributed by atoms with Crippen molar-refractivity contribution in [2.75, 3.05) is 40.3 Å². The molecule has 4 nitrogen and oxygen atoms in total. The van der Waals surface area contributed by atoms with E-state index in [1.165, 1.54) is 25.9 Å². The second-order valence-electron chi connectivity index (χ2n) is 6.20. The summed E-state index contributed by atoms with van der Waals surface area (Å²) in [7, 11) is 4.05. The van der Waals surface area contributed by atoms with Gasteiger partial charge in [0, 0.05) is 13.6 Å². The lowest BCUT2D eigenvalue weighted by Gasteiger charge is -2.30. The van der Waals surface area contributed by atoms with Crippen LogP contribution in [-0.4, -0.2) is 61.2 Å². The molecule has 1 aliphatic carbocycles. The van der Waals surface area contributed by atoms with Crippen molar-refractivity contribution in [3.05, 3.63) is 0 Å². The molecule has 1 amide bonds. The highest BCUT2D eigenvalue weighted by Crippen LogP contribution is 2.46. The molecule has 104 valence electrons. The SMILES string of the molecule is CN1CCC(CCN(C)C(=O)C2(CO)CC2)CC1. The zero-order valence-corrected chi connectivity index (χ0v) is 11.7. The van der Waals surface area contributed by atoms with Crippen molar-refractivity contribution in [1.29, 1.82) is 0 Å². The van der Waals surface area contributed by atoms with Gasteiger partial charge in [0.05, 0.1) is 12.0 Å². The maximum Gasteiger partial charge on any atom is 0.230 e. The van der Waals surface area contributed by atoms with E-state index in [-0.39, 0.29) is 12.5 Å². The van der Waals surface area contributed by atoms with Crippen LogP contribution in [0.3, 0.4) is 0 Å². The van der Waals surface area contributed by atoms with E-state index in [1.54, 1.807) is 0 Å². The van der Waals surface area contributed by atoms with E-state index in [0.29, 0.717) is 0 Å². The van der Waals surface area contributed by atoms with Crippen molar-refractivity contribution in [3.8, 4) is 0 Å². The average Bonchev–Trinajstić information content (AvgIpc) is 3.18. The number of likely N-dealkylation sites (tertiary alicyclic amines) is 1. The Balaban J connectivity index is 1.71. The standard InChI is InChI=1S/C14H26N2O2/c1-15-8-3-12(4-9-15)5-10-16(2)13(18)14(11-17)6-7-14/h12,17H,3-11H2,1-2H3. The molecular weight excluding hydrogens is 228 g/mol. The Hall–Kier alpha value is -0.610. The summed E-state index contributed by atoms with van der Waals surface area (Å²) in [5.41, 5.74) is -0.401. The average molecular weight is 254 g/mol. The second-order valence-corrected chi connectivity index (χ2v) is 6.20. The Morgan fingerprint density at radius 3 is 2.50 bits per heavy atom. The fraction of sp³-hybridized carbons (Fsp3) is 0.929. The summed E-state index contributed by atoms with van der Waals surface area (Å²) < 4.78 is 0. The van der Waals surface area contributed by atoms with Crippen molar-refractivity contribution < 1.29 is 9.90 Å². The summed E-state index contributed by atoms with van der Waals surface area (Å²) in [6.07, 6.45) is 5.34. The molecule has 2 fully saturated rings. The first-order valence-corrected chi connectivity index (χ1v) is 7.12. The highest BCUT2D eigenvalue weighted by Gasteiger charge is 2.50. The molecule has 0 radical (unpaired) electrons. The number of hydrogen-bond acceptors (Lipinski definition) is 3. The molecule has 0 spiro atoms. The van der Waals surface area contributed by atoms with Crippen molar-refractivity contribution in [1.82, 2.24) is 9.80 Å². The highest BCUT2D eigenvalue weighted by atomic mass is 16.3. The van der Waals surface area contributed by atoms with E-state index in [9.17, 15) is 9.90 Å². The van der Waals surface area contributed by atoms with Gasteiger partial charge in [0.15, 0.2) is 0 Å². The van der Waals surface area contributed by atoms with Crippen LogP contribution in [0.15, 0.2) is 0 Å². The van der Waals surface area contributed by atoms with E-state index in [1.807, 2.05) is 11.9 Å². The maximum atomic E-state index is 12.1. The number of nitrogens with zero attached hydrogens (tertiary/aromatic N) is 2. The van der Waals surface area contributed by atoms with Crippen LogP contribution in [-0.2, 0) is 4.79 Å². The molecule has 18 heavy (non-hydrogen) atoms. The van der Waals surface area contributed by atoms with Gasteiger partial charge in [0.1, 0.15) is 0 Å². The van der Waals surface area contributed by atoms with Gasteiger partial charge in [0.25, 0.3) is 0 Å². The Kier molecular flexibility index (Phi) is 4.28. The van der Waals surface area contributed by atoms with E-state index >= 15 is 0 Å². The smallest absolute Gasteiger partial charge is 0.230 e. The van der Waals surface area contributed by atoms with Crippen LogP contribution >= 0.6 is 0 Å². The van der Waals surface area contributed by atoms with Gasteiger partial charge in [0.2, 0.25) is 5.91 Å². The molecule has 4 heteroatoms. The summed E-state index contributed by atoms with van der Waals surface area (Å²) in [6.45, 7) is 3.23. The third-order valence-corrected chi connectivity index (χ3v) is 4.67. The third-order valence-electron chi connectivity index (χ3n) is 4.67. The predicted octanol–water partition coefficient (Wildman–Crippen LogP) is 0.949. The number of carbonyl (C=O) groups is 1. The number of carbonyl (C=O) groups excluding carboxylic acids is 1. The van der Waals surface area contributed by atoms with Crippen LogP contribution in [0.2, 0.25) is 0 Å². The summed E-state index contributed by atoms with van der Waals surface area (Å²) in [5, 5.41) is 9.27. The first-order chi connectivity index (χ1) is 8.57. The van der Waals surface area contributed by atoms with Crippen molar-refractivity contribution in [2.24, 2.45) is 11.3 Å². The molecule has 0 atom stereocenters. The minimum atomic E-state index is -0.401. The first kappa shape index (κ1) is 13.8. The summed E-state index contributed by atoms with van der Waals surface area (Å²) in [6, 6.07) is 0. The molecule has 0 unspecified atom stereocenters. The predicted molar refractivity (Wildman–Crippen MR) is 71.2 cm³/mol. The number of aliphatic hydroxyl groups is 1. The lowest BCUT2D eigenvalue weighted by molar-refractivity contribution is -0.137. The van der Waals surface area contributed by atoms with Gasteiger partial charge in [-0.3, -0.25) is 4.79 Å². The summed E-state index contributed by atoms with van der Waals surface area (Å²) in [5.74, 6) is 0.915. The van der Waals surface area contributed by atoms with Gasteiger partial charge in [-0.15, -0.1) is 0 Å². The molecule has 2 aliphatic rings. The molecule has 2 rings (SSSR count). The third kappa shape index (κ3) is 3.04. The van der Waals surface area contributed by atoms with E-state index in [2.05, 4.69) is 11.9 Å². The molecule has 1 saturated carbocycles. The van der Waals surface area contributed by atoms with Gasteiger partial charge in [-0.2, -0.15) is 0 Å². The maximum absolute atomic E-state index is 12.1. The minimum Gasteiger partial charge on any atom is -0.395 e. The van der Waals surface area contributed by atoms with Gasteiger partial charge in [-0.25, -0.2) is 0 Å². The number of piperidine rings is 1. The molecule has 0 bridgehead atoms. The molecule has 0 aromatic rings. The number of amides is 1. The van der Waals surface area contributed by atoms with E-state index in [4.69, 9.17) is 0 Å². The van der Waals surface area contributed by atoms with Crippen LogP contribution in [0.1, 0.15) is 32.1 Å². The van der Waals surface area contributed by atoms with Crippen molar-refractivity contribution in [2.45, 2.75) is 32.1 Å². The lowest BCUT2D eigenvalue weighted by Crippen LogP contribution is -2.38. The van der Waals surface area contributed by atoms with E-state index in [0.717, 1.165) is 31.7 Å². The van der Waals surface area contributed by atoms with Crippen LogP contribution < -0.4 is 0 Å². The Labute approximate surface area is 110 Å². The molecule has 0 aromatic heterocycles. The lowest BCUT2D eigenvalue weighted by atomic mass is 9.93. The van der Waals surface area contributed by atoms with Crippen LogP contribution in [0.4, 0.5) is 0 Å². The zero-order chi connectivity index (χ0) is 13.2. The Morgan fingerprint density at radius 1 is 1.39 bits per heavy atom. The molecule has 1 N–H and O–H groups in total. The number of aliphatic hydroxyl groups excluding tert-OH is 1.